The Hall–Kier alpha value is -0.0800. The summed E-state index contributed by atoms with van der Waals surface area (Å²) < 4.78 is 9.17. The molecule has 2 nitrogen and oxygen atoms in total. The fourth-order valence-electron chi connectivity index (χ4n) is 0.184. The lowest BCUT2D eigenvalue weighted by Crippen LogP contribution is -1.68. The first-order valence-corrected chi connectivity index (χ1v) is 1.28. The summed E-state index contributed by atoms with van der Waals surface area (Å²) in [5.74, 6) is 0. The molecule has 4 heavy (non-hydrogen) atoms. The van der Waals surface area contributed by atoms with Gasteiger partial charge in [-0.3, -0.25) is 0 Å². The molecule has 0 aromatic rings. The molecule has 2 heteroatoms. The molecular formula is C2H2O2. The molecule has 0 N–H and O–H groups in total. The number of fused-ring (bicyclic) bond motifs is 1. The Morgan fingerprint density at radius 2 is 1.25 bits per heavy atom. The first-order chi connectivity index (χ1) is 1.97. The quantitative estimate of drug-likeness (QED) is 0.357. The zero-order valence-corrected chi connectivity index (χ0v) is 1.97. The van der Waals surface area contributed by atoms with Crippen LogP contribution in [0.5, 0.6) is 0 Å². The minimum atomic E-state index is 0.250. The van der Waals surface area contributed by atoms with Crippen molar-refractivity contribution in [2.24, 2.45) is 0 Å². The van der Waals surface area contributed by atoms with E-state index in [4.69, 9.17) is 0 Å². The van der Waals surface area contributed by atoms with Gasteiger partial charge < -0.3 is 9.47 Å². The molecule has 2 saturated heterocycles. The summed E-state index contributed by atoms with van der Waals surface area (Å²) in [5, 5.41) is 0. The molecule has 0 bridgehead atoms. The molecule has 22 valence electrons. The number of hydrogen-bond donors (Lipinski definition) is 0. The van der Waals surface area contributed by atoms with Gasteiger partial charge in [0.15, 0.2) is 0 Å². The van der Waals surface area contributed by atoms with E-state index in [1.807, 2.05) is 0 Å². The van der Waals surface area contributed by atoms with Crippen LogP contribution in [0.15, 0.2) is 0 Å². The van der Waals surface area contributed by atoms with Gasteiger partial charge in [0.05, 0.1) is 0 Å². The van der Waals surface area contributed by atoms with Crippen LogP contribution in [0.1, 0.15) is 0 Å². The standard InChI is InChI=1S/C2H2O2/c3-1-2(3)4-1/h1-2H. The molecule has 0 saturated carbocycles. The van der Waals surface area contributed by atoms with Crippen LogP contribution < -0.4 is 0 Å². The van der Waals surface area contributed by atoms with Gasteiger partial charge in [-0.15, -0.1) is 0 Å². The van der Waals surface area contributed by atoms with Crippen molar-refractivity contribution >= 4 is 0 Å². The summed E-state index contributed by atoms with van der Waals surface area (Å²) in [6.45, 7) is 0. The number of rotatable bonds is 0. The van der Waals surface area contributed by atoms with E-state index in [9.17, 15) is 0 Å². The van der Waals surface area contributed by atoms with Gasteiger partial charge in [0, 0.05) is 0 Å². The third kappa shape index (κ3) is 0.0259. The zero-order valence-electron chi connectivity index (χ0n) is 1.97. The minimum Gasteiger partial charge on any atom is -0.313 e. The monoisotopic (exact) mass is 58.0 g/mol. The van der Waals surface area contributed by atoms with Crippen molar-refractivity contribution in [3.8, 4) is 0 Å². The van der Waals surface area contributed by atoms with Gasteiger partial charge in [-0.25, -0.2) is 0 Å². The molecule has 0 amide bonds. The fourth-order valence-corrected chi connectivity index (χ4v) is 0.184. The third-order valence-corrected chi connectivity index (χ3v) is 0.605. The summed E-state index contributed by atoms with van der Waals surface area (Å²) in [4.78, 5) is 0. The highest BCUT2D eigenvalue weighted by Gasteiger charge is 2.59. The molecule has 2 heterocycles. The second-order valence-electron chi connectivity index (χ2n) is 1.01. The molecule has 0 spiro atoms. The smallest absolute Gasteiger partial charge is 0.215 e. The zero-order chi connectivity index (χ0) is 2.57. The van der Waals surface area contributed by atoms with Crippen molar-refractivity contribution in [1.82, 2.24) is 0 Å². The van der Waals surface area contributed by atoms with Crippen molar-refractivity contribution in [1.29, 1.82) is 0 Å². The minimum absolute atomic E-state index is 0.250. The predicted octanol–water partition coefficient (Wildman–Crippen LogP) is -0.301. The first-order valence-electron chi connectivity index (χ1n) is 1.28. The van der Waals surface area contributed by atoms with Crippen LogP contribution in [0, 0.1) is 0 Å². The Kier molecular flexibility index (Phi) is 0.0592. The molecule has 0 aromatic carbocycles. The van der Waals surface area contributed by atoms with Gasteiger partial charge >= 0.3 is 0 Å². The average Bonchev–Trinajstić information content (AvgIpc) is 1.36. The maximum atomic E-state index is 4.58. The van der Waals surface area contributed by atoms with Crippen LogP contribution in [0.25, 0.3) is 0 Å². The van der Waals surface area contributed by atoms with E-state index >= 15 is 0 Å². The summed E-state index contributed by atoms with van der Waals surface area (Å²) in [7, 11) is 0. The average molecular weight is 58.0 g/mol. The maximum absolute atomic E-state index is 4.58. The Morgan fingerprint density at radius 1 is 1.00 bits per heavy atom. The van der Waals surface area contributed by atoms with Crippen LogP contribution in [0.3, 0.4) is 0 Å². The van der Waals surface area contributed by atoms with Crippen LogP contribution in [0.2, 0.25) is 0 Å². The highest BCUT2D eigenvalue weighted by atomic mass is 17.0. The second kappa shape index (κ2) is 0.172. The maximum Gasteiger partial charge on any atom is 0.215 e. The van der Waals surface area contributed by atoms with Gasteiger partial charge in [-0.05, 0) is 0 Å². The van der Waals surface area contributed by atoms with E-state index < -0.39 is 0 Å². The van der Waals surface area contributed by atoms with Crippen molar-refractivity contribution in [3.05, 3.63) is 0 Å². The number of hydrogen-bond acceptors (Lipinski definition) is 2. The molecule has 2 fully saturated rings. The van der Waals surface area contributed by atoms with E-state index in [1.165, 1.54) is 0 Å². The van der Waals surface area contributed by atoms with Gasteiger partial charge in [-0.2, -0.15) is 0 Å². The second-order valence-corrected chi connectivity index (χ2v) is 1.01. The highest BCUT2D eigenvalue weighted by Crippen LogP contribution is 2.41. The van der Waals surface area contributed by atoms with Gasteiger partial charge in [0.1, 0.15) is 0 Å². The largest absolute Gasteiger partial charge is 0.313 e. The molecular weight excluding hydrogens is 56.0 g/mol. The van der Waals surface area contributed by atoms with Crippen molar-refractivity contribution in [3.63, 3.8) is 0 Å². The Balaban J connectivity index is 2.48. The van der Waals surface area contributed by atoms with E-state index in [1.54, 1.807) is 0 Å². The molecule has 0 atom stereocenters. The summed E-state index contributed by atoms with van der Waals surface area (Å²) >= 11 is 0. The number of epoxide rings is 2. The molecule has 0 aliphatic carbocycles. The molecule has 2 aliphatic heterocycles. The molecule has 2 aliphatic rings. The van der Waals surface area contributed by atoms with Crippen LogP contribution in [-0.4, -0.2) is 12.6 Å². The number of ether oxygens (including phenoxy) is 2. The predicted molar refractivity (Wildman–Crippen MR) is 9.75 cm³/mol. The lowest BCUT2D eigenvalue weighted by molar-refractivity contribution is 0.0108. The molecule has 2 rings (SSSR count). The fraction of sp³-hybridized carbons (Fsp3) is 1.00. The Bertz CT molecular complexity index is 40.0. The Labute approximate surface area is 23.3 Å². The van der Waals surface area contributed by atoms with Crippen molar-refractivity contribution in [2.45, 2.75) is 12.6 Å². The van der Waals surface area contributed by atoms with E-state index in [0.717, 1.165) is 0 Å². The highest BCUT2D eigenvalue weighted by molar-refractivity contribution is 4.81. The lowest BCUT2D eigenvalue weighted by Gasteiger charge is -1.69. The molecule has 0 unspecified atom stereocenters. The molecule has 0 aromatic heterocycles. The Morgan fingerprint density at radius 3 is 1.25 bits per heavy atom. The van der Waals surface area contributed by atoms with E-state index in [0.29, 0.717) is 0 Å². The lowest BCUT2D eigenvalue weighted by atomic mass is 11.0. The van der Waals surface area contributed by atoms with Gasteiger partial charge in [0.2, 0.25) is 12.6 Å². The summed E-state index contributed by atoms with van der Waals surface area (Å²) in [6, 6.07) is 0. The normalized spacial score (nSPS) is 66.0. The van der Waals surface area contributed by atoms with Crippen LogP contribution >= 0.6 is 0 Å². The SMILES string of the molecule is O1C2OC12. The van der Waals surface area contributed by atoms with Gasteiger partial charge in [0.25, 0.3) is 0 Å². The van der Waals surface area contributed by atoms with E-state index in [-0.39, 0.29) is 12.6 Å². The third-order valence-electron chi connectivity index (χ3n) is 0.605. The van der Waals surface area contributed by atoms with Crippen molar-refractivity contribution in [2.75, 3.05) is 0 Å². The topological polar surface area (TPSA) is 25.1 Å². The van der Waals surface area contributed by atoms with Gasteiger partial charge in [-0.1, -0.05) is 0 Å². The first kappa shape index (κ1) is 1.38. The van der Waals surface area contributed by atoms with Crippen molar-refractivity contribution < 1.29 is 9.47 Å². The van der Waals surface area contributed by atoms with E-state index in [2.05, 4.69) is 9.47 Å². The molecule has 0 radical (unpaired) electrons. The summed E-state index contributed by atoms with van der Waals surface area (Å²) in [5.41, 5.74) is 0. The summed E-state index contributed by atoms with van der Waals surface area (Å²) in [6.07, 6.45) is 0.500. The van der Waals surface area contributed by atoms with Crippen LogP contribution in [-0.2, 0) is 9.47 Å². The van der Waals surface area contributed by atoms with Crippen LogP contribution in [0.4, 0.5) is 0 Å².